The lowest BCUT2D eigenvalue weighted by atomic mass is 10.0. The fourth-order valence-corrected chi connectivity index (χ4v) is 3.06. The average molecular weight is 409 g/mol. The Kier molecular flexibility index (Phi) is 10.7. The number of nitrogens with zero attached hydrogens (tertiary/aromatic N) is 1. The Labute approximate surface area is 171 Å². The van der Waals surface area contributed by atoms with Crippen LogP contribution in [0.5, 0.6) is 0 Å². The molecule has 0 spiro atoms. The maximum atomic E-state index is 11.9. The quantitative estimate of drug-likeness (QED) is 0.783. The molecule has 1 amide bonds. The van der Waals surface area contributed by atoms with E-state index in [9.17, 15) is 4.79 Å². The number of halogens is 2. The van der Waals surface area contributed by atoms with Crippen LogP contribution >= 0.6 is 23.2 Å². The van der Waals surface area contributed by atoms with Gasteiger partial charge in [0.25, 0.3) is 0 Å². The minimum atomic E-state index is 0.0426. The molecule has 6 heteroatoms. The molecule has 1 aliphatic rings. The second-order valence-corrected chi connectivity index (χ2v) is 6.80. The first-order valence-electron chi connectivity index (χ1n) is 8.78. The standard InChI is InChI=1S/C13H16Cl2N2O.C7H8.CH2O/c1-2-13(18)17-6-5-16-8-12(17)9-3-4-10(14)11(15)7-9;1-7-5-3-2-4-6-7;1-2/h3-4,7,12,16H,2,5-6,8H2,1H3;2-6H,1H3;1H2. The summed E-state index contributed by atoms with van der Waals surface area (Å²) in [5.41, 5.74) is 2.35. The van der Waals surface area contributed by atoms with Crippen LogP contribution in [0.2, 0.25) is 10.0 Å². The summed E-state index contributed by atoms with van der Waals surface area (Å²) in [7, 11) is 0. The van der Waals surface area contributed by atoms with E-state index in [0.29, 0.717) is 16.5 Å². The molecule has 3 rings (SSSR count). The molecule has 4 nitrogen and oxygen atoms in total. The number of aryl methyl sites for hydroxylation is 1. The SMILES string of the molecule is C=O.CCC(=O)N1CCNCC1c1ccc(Cl)c(Cl)c1.Cc1ccccc1. The van der Waals surface area contributed by atoms with Crippen LogP contribution in [0.15, 0.2) is 48.5 Å². The van der Waals surface area contributed by atoms with Crippen molar-refractivity contribution in [2.24, 2.45) is 0 Å². The molecule has 1 N–H and O–H groups in total. The molecule has 0 aliphatic carbocycles. The van der Waals surface area contributed by atoms with Gasteiger partial charge in [-0.2, -0.15) is 0 Å². The van der Waals surface area contributed by atoms with Crippen LogP contribution in [0.25, 0.3) is 0 Å². The van der Waals surface area contributed by atoms with E-state index in [-0.39, 0.29) is 11.9 Å². The number of nitrogens with one attached hydrogen (secondary N) is 1. The third-order valence-electron chi connectivity index (χ3n) is 4.14. The molecule has 1 saturated heterocycles. The van der Waals surface area contributed by atoms with Crippen molar-refractivity contribution in [3.05, 3.63) is 69.7 Å². The first-order chi connectivity index (χ1) is 13.0. The molecule has 2 aromatic rings. The minimum Gasteiger partial charge on any atom is -0.333 e. The second kappa shape index (κ2) is 12.5. The maximum absolute atomic E-state index is 11.9. The number of amides is 1. The van der Waals surface area contributed by atoms with Crippen molar-refractivity contribution < 1.29 is 9.59 Å². The molecule has 146 valence electrons. The number of hydrogen-bond donors (Lipinski definition) is 1. The highest BCUT2D eigenvalue weighted by Crippen LogP contribution is 2.29. The number of rotatable bonds is 2. The molecule has 1 unspecified atom stereocenters. The Balaban J connectivity index is 0.000000338. The van der Waals surface area contributed by atoms with Crippen LogP contribution in [-0.4, -0.2) is 37.2 Å². The monoisotopic (exact) mass is 408 g/mol. The smallest absolute Gasteiger partial charge is 0.222 e. The van der Waals surface area contributed by atoms with Gasteiger partial charge in [-0.25, -0.2) is 0 Å². The van der Waals surface area contributed by atoms with Gasteiger partial charge in [0.2, 0.25) is 5.91 Å². The molecule has 1 heterocycles. The first-order valence-corrected chi connectivity index (χ1v) is 9.54. The summed E-state index contributed by atoms with van der Waals surface area (Å²) in [5.74, 6) is 0.174. The van der Waals surface area contributed by atoms with Crippen LogP contribution in [0.4, 0.5) is 0 Å². The molecule has 27 heavy (non-hydrogen) atoms. The molecular formula is C21H26Cl2N2O2. The van der Waals surface area contributed by atoms with Crippen LogP contribution < -0.4 is 5.32 Å². The van der Waals surface area contributed by atoms with E-state index >= 15 is 0 Å². The molecule has 0 bridgehead atoms. The van der Waals surface area contributed by atoms with Gasteiger partial charge in [0.15, 0.2) is 0 Å². The zero-order valence-corrected chi connectivity index (χ0v) is 17.3. The van der Waals surface area contributed by atoms with Gasteiger partial charge in [0, 0.05) is 26.1 Å². The van der Waals surface area contributed by atoms with Crippen molar-refractivity contribution in [3.63, 3.8) is 0 Å². The average Bonchev–Trinajstić information content (AvgIpc) is 2.72. The van der Waals surface area contributed by atoms with Crippen molar-refractivity contribution in [2.75, 3.05) is 19.6 Å². The zero-order valence-electron chi connectivity index (χ0n) is 15.8. The van der Waals surface area contributed by atoms with Crippen molar-refractivity contribution in [2.45, 2.75) is 26.3 Å². The van der Waals surface area contributed by atoms with Crippen molar-refractivity contribution >= 4 is 35.9 Å². The summed E-state index contributed by atoms with van der Waals surface area (Å²) in [5, 5.41) is 4.38. The van der Waals surface area contributed by atoms with Gasteiger partial charge in [0.1, 0.15) is 6.79 Å². The Morgan fingerprint density at radius 1 is 1.15 bits per heavy atom. The predicted octanol–water partition coefficient (Wildman–Crippen LogP) is 4.69. The molecule has 2 aromatic carbocycles. The zero-order chi connectivity index (χ0) is 20.2. The van der Waals surface area contributed by atoms with Crippen LogP contribution in [0.1, 0.15) is 30.5 Å². The predicted molar refractivity (Wildman–Crippen MR) is 112 cm³/mol. The van der Waals surface area contributed by atoms with Crippen molar-refractivity contribution in [1.29, 1.82) is 0 Å². The van der Waals surface area contributed by atoms with Gasteiger partial charge >= 0.3 is 0 Å². The number of carbonyl (C=O) groups excluding carboxylic acids is 2. The van der Waals surface area contributed by atoms with Gasteiger partial charge < -0.3 is 15.0 Å². The van der Waals surface area contributed by atoms with Gasteiger partial charge in [-0.1, -0.05) is 72.1 Å². The largest absolute Gasteiger partial charge is 0.333 e. The number of hydrogen-bond acceptors (Lipinski definition) is 3. The second-order valence-electron chi connectivity index (χ2n) is 5.99. The number of carbonyl (C=O) groups is 2. The summed E-state index contributed by atoms with van der Waals surface area (Å²) >= 11 is 12.0. The highest BCUT2D eigenvalue weighted by molar-refractivity contribution is 6.42. The third-order valence-corrected chi connectivity index (χ3v) is 4.87. The summed E-state index contributed by atoms with van der Waals surface area (Å²) < 4.78 is 0. The van der Waals surface area contributed by atoms with E-state index in [4.69, 9.17) is 28.0 Å². The fourth-order valence-electron chi connectivity index (χ4n) is 2.76. The van der Waals surface area contributed by atoms with E-state index < -0.39 is 0 Å². The summed E-state index contributed by atoms with van der Waals surface area (Å²) in [6, 6.07) is 15.9. The lowest BCUT2D eigenvalue weighted by Crippen LogP contribution is -2.48. The summed E-state index contributed by atoms with van der Waals surface area (Å²) in [4.78, 5) is 21.9. The molecule has 0 aromatic heterocycles. The lowest BCUT2D eigenvalue weighted by molar-refractivity contribution is -0.134. The van der Waals surface area contributed by atoms with Gasteiger partial charge in [-0.15, -0.1) is 0 Å². The molecule has 0 saturated carbocycles. The normalized spacial score (nSPS) is 15.7. The molecule has 1 fully saturated rings. The van der Waals surface area contributed by atoms with E-state index in [2.05, 4.69) is 24.4 Å². The summed E-state index contributed by atoms with van der Waals surface area (Å²) in [6.45, 7) is 8.29. The number of benzene rings is 2. The van der Waals surface area contributed by atoms with Crippen LogP contribution in [-0.2, 0) is 9.59 Å². The fraction of sp³-hybridized carbons (Fsp3) is 0.333. The van der Waals surface area contributed by atoms with Gasteiger partial charge in [-0.05, 0) is 24.6 Å². The summed E-state index contributed by atoms with van der Waals surface area (Å²) in [6.07, 6.45) is 0.526. The molecule has 1 atom stereocenters. The Morgan fingerprint density at radius 3 is 2.33 bits per heavy atom. The highest BCUT2D eigenvalue weighted by Gasteiger charge is 2.27. The highest BCUT2D eigenvalue weighted by atomic mass is 35.5. The van der Waals surface area contributed by atoms with E-state index in [0.717, 1.165) is 25.2 Å². The molecular weight excluding hydrogens is 383 g/mol. The van der Waals surface area contributed by atoms with E-state index in [1.54, 1.807) is 6.07 Å². The van der Waals surface area contributed by atoms with Crippen molar-refractivity contribution in [3.8, 4) is 0 Å². The Bertz CT molecular complexity index is 711. The number of piperazine rings is 1. The molecule has 0 radical (unpaired) electrons. The van der Waals surface area contributed by atoms with Gasteiger partial charge in [-0.3, -0.25) is 4.79 Å². The maximum Gasteiger partial charge on any atom is 0.222 e. The third kappa shape index (κ3) is 7.33. The van der Waals surface area contributed by atoms with E-state index in [1.807, 2.05) is 48.9 Å². The molecule has 1 aliphatic heterocycles. The van der Waals surface area contributed by atoms with Gasteiger partial charge in [0.05, 0.1) is 16.1 Å². The van der Waals surface area contributed by atoms with Crippen LogP contribution in [0.3, 0.4) is 0 Å². The Morgan fingerprint density at radius 2 is 1.81 bits per heavy atom. The topological polar surface area (TPSA) is 49.4 Å². The van der Waals surface area contributed by atoms with Crippen LogP contribution in [0, 0.1) is 6.92 Å². The van der Waals surface area contributed by atoms with Crippen molar-refractivity contribution in [1.82, 2.24) is 10.2 Å². The minimum absolute atomic E-state index is 0.0426. The first kappa shape index (κ1) is 23.2. The Hall–Kier alpha value is -1.88. The lowest BCUT2D eigenvalue weighted by Gasteiger charge is -2.36. The van der Waals surface area contributed by atoms with E-state index in [1.165, 1.54) is 5.56 Å².